The van der Waals surface area contributed by atoms with Crippen LogP contribution in [0.15, 0.2) is 41.8 Å². The zero-order valence-corrected chi connectivity index (χ0v) is 15.4. The number of amides is 1. The molecule has 0 aliphatic carbocycles. The van der Waals surface area contributed by atoms with E-state index in [1.807, 2.05) is 11.4 Å². The molecule has 2 heterocycles. The van der Waals surface area contributed by atoms with E-state index in [0.29, 0.717) is 17.9 Å². The lowest BCUT2D eigenvalue weighted by atomic mass is 10.2. The second kappa shape index (κ2) is 8.72. The number of halogens is 2. The number of carbonyl (C=O) groups excluding carboxylic acids is 1. The molecule has 3 rings (SSSR count). The highest BCUT2D eigenvalue weighted by Crippen LogP contribution is 2.18. The first-order chi connectivity index (χ1) is 13.0. The van der Waals surface area contributed by atoms with Gasteiger partial charge in [-0.25, -0.2) is 4.68 Å². The van der Waals surface area contributed by atoms with Gasteiger partial charge < -0.3 is 10.1 Å². The van der Waals surface area contributed by atoms with E-state index >= 15 is 0 Å². The van der Waals surface area contributed by atoms with Gasteiger partial charge in [0.2, 0.25) is 0 Å². The van der Waals surface area contributed by atoms with Gasteiger partial charge in [-0.05, 0) is 55.5 Å². The van der Waals surface area contributed by atoms with Crippen LogP contribution in [-0.2, 0) is 6.42 Å². The lowest BCUT2D eigenvalue weighted by Crippen LogP contribution is -2.26. The average molecular weight is 392 g/mol. The van der Waals surface area contributed by atoms with Crippen LogP contribution >= 0.6 is 11.3 Å². The van der Waals surface area contributed by atoms with Gasteiger partial charge in [-0.15, -0.1) is 16.4 Å². The molecule has 0 aliphatic rings. The summed E-state index contributed by atoms with van der Waals surface area (Å²) >= 11 is 1.70. The van der Waals surface area contributed by atoms with Crippen molar-refractivity contribution < 1.29 is 18.3 Å². The van der Waals surface area contributed by atoms with Crippen LogP contribution in [0.2, 0.25) is 0 Å². The van der Waals surface area contributed by atoms with Crippen LogP contribution in [-0.4, -0.2) is 34.1 Å². The molecule has 0 unspecified atom stereocenters. The molecule has 1 N–H and O–H groups in total. The molecule has 0 saturated carbocycles. The lowest BCUT2D eigenvalue weighted by Gasteiger charge is -2.07. The Balaban J connectivity index is 1.59. The maximum Gasteiger partial charge on any atom is 0.387 e. The van der Waals surface area contributed by atoms with Crippen molar-refractivity contribution in [3.63, 3.8) is 0 Å². The number of aromatic nitrogens is 3. The molecule has 0 fully saturated rings. The summed E-state index contributed by atoms with van der Waals surface area (Å²) in [6.45, 7) is -0.605. The standard InChI is InChI=1S/C18H18F2N4O2S/c1-12-16(17(25)21-10-2-4-15-5-3-11-27-15)22-23-24(12)13-6-8-14(9-7-13)26-18(19)20/h3,5-9,11,18H,2,4,10H2,1H3,(H,21,25). The third kappa shape index (κ3) is 4.88. The Hall–Kier alpha value is -2.81. The minimum atomic E-state index is -2.88. The Kier molecular flexibility index (Phi) is 6.12. The molecule has 0 saturated heterocycles. The van der Waals surface area contributed by atoms with Gasteiger partial charge in [0, 0.05) is 11.4 Å². The summed E-state index contributed by atoms with van der Waals surface area (Å²) in [5, 5.41) is 12.8. The summed E-state index contributed by atoms with van der Waals surface area (Å²) in [5.41, 5.74) is 1.39. The van der Waals surface area contributed by atoms with Crippen LogP contribution in [0, 0.1) is 6.92 Å². The maximum absolute atomic E-state index is 12.3. The number of aryl methyl sites for hydroxylation is 1. The van der Waals surface area contributed by atoms with Crippen molar-refractivity contribution in [1.29, 1.82) is 0 Å². The van der Waals surface area contributed by atoms with E-state index in [2.05, 4.69) is 26.4 Å². The van der Waals surface area contributed by atoms with Crippen molar-refractivity contribution in [3.8, 4) is 11.4 Å². The summed E-state index contributed by atoms with van der Waals surface area (Å²) in [5.74, 6) is -0.238. The average Bonchev–Trinajstić information content (AvgIpc) is 3.28. The van der Waals surface area contributed by atoms with Crippen molar-refractivity contribution in [2.45, 2.75) is 26.4 Å². The second-order valence-electron chi connectivity index (χ2n) is 5.75. The number of benzene rings is 1. The largest absolute Gasteiger partial charge is 0.435 e. The molecule has 0 radical (unpaired) electrons. The minimum absolute atomic E-state index is 0.0511. The topological polar surface area (TPSA) is 69.0 Å². The number of nitrogens with zero attached hydrogens (tertiary/aromatic N) is 3. The second-order valence-corrected chi connectivity index (χ2v) is 6.78. The molecule has 9 heteroatoms. The zero-order chi connectivity index (χ0) is 19.2. The number of rotatable bonds is 8. The van der Waals surface area contributed by atoms with Crippen molar-refractivity contribution in [3.05, 3.63) is 58.0 Å². The van der Waals surface area contributed by atoms with E-state index in [0.717, 1.165) is 12.8 Å². The van der Waals surface area contributed by atoms with Crippen LogP contribution in [0.5, 0.6) is 5.75 Å². The van der Waals surface area contributed by atoms with Crippen molar-refractivity contribution >= 4 is 17.2 Å². The third-order valence-corrected chi connectivity index (χ3v) is 4.82. The minimum Gasteiger partial charge on any atom is -0.435 e. The SMILES string of the molecule is Cc1c(C(=O)NCCCc2cccs2)nnn1-c1ccc(OC(F)F)cc1. The van der Waals surface area contributed by atoms with Gasteiger partial charge in [-0.3, -0.25) is 4.79 Å². The molecular formula is C18H18F2N4O2S. The van der Waals surface area contributed by atoms with Crippen LogP contribution in [0.25, 0.3) is 5.69 Å². The number of alkyl halides is 2. The molecule has 27 heavy (non-hydrogen) atoms. The van der Waals surface area contributed by atoms with Gasteiger partial charge in [0.05, 0.1) is 11.4 Å². The molecule has 6 nitrogen and oxygen atoms in total. The van der Waals surface area contributed by atoms with E-state index in [1.54, 1.807) is 30.4 Å². The van der Waals surface area contributed by atoms with E-state index in [9.17, 15) is 13.6 Å². The molecule has 2 aromatic heterocycles. The summed E-state index contributed by atoms with van der Waals surface area (Å²) < 4.78 is 30.2. The molecule has 0 bridgehead atoms. The van der Waals surface area contributed by atoms with Crippen LogP contribution in [0.1, 0.15) is 27.5 Å². The maximum atomic E-state index is 12.3. The summed E-state index contributed by atoms with van der Waals surface area (Å²) in [6.07, 6.45) is 1.75. The molecule has 1 aromatic carbocycles. The molecule has 142 valence electrons. The first-order valence-electron chi connectivity index (χ1n) is 8.32. The van der Waals surface area contributed by atoms with Gasteiger partial charge in [-0.1, -0.05) is 11.3 Å². The van der Waals surface area contributed by atoms with E-state index in [4.69, 9.17) is 0 Å². The van der Waals surface area contributed by atoms with Crippen molar-refractivity contribution in [1.82, 2.24) is 20.3 Å². The van der Waals surface area contributed by atoms with Crippen molar-refractivity contribution in [2.24, 2.45) is 0 Å². The number of hydrogen-bond acceptors (Lipinski definition) is 5. The molecule has 1 amide bonds. The fourth-order valence-corrected chi connectivity index (χ4v) is 3.31. The third-order valence-electron chi connectivity index (χ3n) is 3.88. The summed E-state index contributed by atoms with van der Waals surface area (Å²) in [4.78, 5) is 13.6. The Morgan fingerprint density at radius 2 is 2.07 bits per heavy atom. The monoisotopic (exact) mass is 392 g/mol. The normalized spacial score (nSPS) is 11.0. The van der Waals surface area contributed by atoms with Gasteiger partial charge >= 0.3 is 6.61 Å². The summed E-state index contributed by atoms with van der Waals surface area (Å²) in [7, 11) is 0. The van der Waals surface area contributed by atoms with Gasteiger partial charge in [0.15, 0.2) is 5.69 Å². The van der Waals surface area contributed by atoms with Gasteiger partial charge in [0.25, 0.3) is 5.91 Å². The Morgan fingerprint density at radius 3 is 2.74 bits per heavy atom. The fraction of sp³-hybridized carbons (Fsp3) is 0.278. The Labute approximate surface area is 158 Å². The molecule has 0 spiro atoms. The smallest absolute Gasteiger partial charge is 0.387 e. The Bertz CT molecular complexity index is 879. The summed E-state index contributed by atoms with van der Waals surface area (Å²) in [6, 6.07) is 10.0. The van der Waals surface area contributed by atoms with Gasteiger partial charge in [-0.2, -0.15) is 8.78 Å². The number of ether oxygens (including phenoxy) is 1. The Morgan fingerprint density at radius 1 is 1.30 bits per heavy atom. The molecule has 0 aliphatic heterocycles. The highest BCUT2D eigenvalue weighted by molar-refractivity contribution is 7.09. The van der Waals surface area contributed by atoms with E-state index in [1.165, 1.54) is 21.7 Å². The van der Waals surface area contributed by atoms with E-state index < -0.39 is 6.61 Å². The number of nitrogens with one attached hydrogen (secondary N) is 1. The van der Waals surface area contributed by atoms with Crippen LogP contribution < -0.4 is 10.1 Å². The number of carbonyl (C=O) groups is 1. The number of hydrogen-bond donors (Lipinski definition) is 1. The molecular weight excluding hydrogens is 374 g/mol. The van der Waals surface area contributed by atoms with Crippen LogP contribution in [0.4, 0.5) is 8.78 Å². The predicted molar refractivity (Wildman–Crippen MR) is 97.7 cm³/mol. The lowest BCUT2D eigenvalue weighted by molar-refractivity contribution is -0.0498. The fourth-order valence-electron chi connectivity index (χ4n) is 2.56. The van der Waals surface area contributed by atoms with Crippen molar-refractivity contribution in [2.75, 3.05) is 6.54 Å². The molecule has 3 aromatic rings. The predicted octanol–water partition coefficient (Wildman–Crippen LogP) is 3.60. The highest BCUT2D eigenvalue weighted by atomic mass is 32.1. The zero-order valence-electron chi connectivity index (χ0n) is 14.6. The van der Waals surface area contributed by atoms with E-state index in [-0.39, 0.29) is 17.4 Å². The first kappa shape index (κ1) is 19.0. The molecule has 0 atom stereocenters. The van der Waals surface area contributed by atoms with Crippen LogP contribution in [0.3, 0.4) is 0 Å². The highest BCUT2D eigenvalue weighted by Gasteiger charge is 2.17. The van der Waals surface area contributed by atoms with Gasteiger partial charge in [0.1, 0.15) is 5.75 Å². The number of thiophene rings is 1. The first-order valence-corrected chi connectivity index (χ1v) is 9.20. The quantitative estimate of drug-likeness (QED) is 0.595.